The Morgan fingerprint density at radius 2 is 1.82 bits per heavy atom. The lowest BCUT2D eigenvalue weighted by molar-refractivity contribution is -0.131. The van der Waals surface area contributed by atoms with Gasteiger partial charge >= 0.3 is 0 Å². The summed E-state index contributed by atoms with van der Waals surface area (Å²) in [6.07, 6.45) is 5.87. The largest absolute Gasteiger partial charge is 0.340 e. The molecule has 0 saturated carbocycles. The van der Waals surface area contributed by atoms with Gasteiger partial charge in [0.05, 0.1) is 6.54 Å². The lowest BCUT2D eigenvalue weighted by Crippen LogP contribution is -2.33. The molecule has 2 aromatic rings. The van der Waals surface area contributed by atoms with E-state index in [0.717, 1.165) is 30.9 Å². The highest BCUT2D eigenvalue weighted by Crippen LogP contribution is 2.27. The maximum Gasteiger partial charge on any atom is 0.244 e. The lowest BCUT2D eigenvalue weighted by atomic mass is 9.99. The monoisotopic (exact) mass is 386 g/mol. The number of rotatable bonds is 5. The smallest absolute Gasteiger partial charge is 0.244 e. The van der Waals surface area contributed by atoms with Gasteiger partial charge in [-0.3, -0.25) is 9.69 Å². The summed E-state index contributed by atoms with van der Waals surface area (Å²) in [4.78, 5) is 17.0. The molecule has 0 N–H and O–H groups in total. The minimum atomic E-state index is -0.231. The Hall–Kier alpha value is -2.35. The summed E-state index contributed by atoms with van der Waals surface area (Å²) in [7, 11) is 0. The molecule has 1 aromatic heterocycles. The molecule has 0 unspecified atom stereocenters. The van der Waals surface area contributed by atoms with E-state index in [0.29, 0.717) is 19.6 Å². The van der Waals surface area contributed by atoms with Gasteiger partial charge in [-0.25, -0.2) is 9.07 Å². The van der Waals surface area contributed by atoms with Crippen molar-refractivity contribution in [2.24, 2.45) is 0 Å². The number of hydrogen-bond donors (Lipinski definition) is 0. The molecule has 150 valence electrons. The van der Waals surface area contributed by atoms with Crippen LogP contribution in [0.4, 0.5) is 4.39 Å². The third-order valence-electron chi connectivity index (χ3n) is 5.84. The Bertz CT molecular complexity index is 784. The number of carbonyl (C=O) groups is 1. The molecule has 0 radical (unpaired) electrons. The van der Waals surface area contributed by atoms with Crippen LogP contribution in [0.5, 0.6) is 0 Å². The first-order valence-corrected chi connectivity index (χ1v) is 10.2. The van der Waals surface area contributed by atoms with E-state index in [4.69, 9.17) is 0 Å². The van der Waals surface area contributed by atoms with Crippen molar-refractivity contribution in [1.82, 2.24) is 30.0 Å². The predicted octanol–water partition coefficient (Wildman–Crippen LogP) is 2.20. The van der Waals surface area contributed by atoms with Crippen molar-refractivity contribution in [3.8, 4) is 0 Å². The Labute approximate surface area is 164 Å². The van der Waals surface area contributed by atoms with Crippen LogP contribution in [0, 0.1) is 5.82 Å². The van der Waals surface area contributed by atoms with Gasteiger partial charge in [0.15, 0.2) is 5.82 Å². The zero-order valence-electron chi connectivity index (χ0n) is 16.1. The molecule has 1 atom stereocenters. The van der Waals surface area contributed by atoms with Crippen LogP contribution in [0.2, 0.25) is 0 Å². The van der Waals surface area contributed by atoms with Crippen LogP contribution in [0.3, 0.4) is 0 Å². The zero-order valence-corrected chi connectivity index (χ0v) is 16.1. The number of tetrazole rings is 1. The van der Waals surface area contributed by atoms with Gasteiger partial charge in [-0.1, -0.05) is 25.0 Å². The molecule has 28 heavy (non-hydrogen) atoms. The normalized spacial score (nSPS) is 21.0. The number of carbonyl (C=O) groups excluding carboxylic acids is 1. The second kappa shape index (κ2) is 8.77. The molecule has 2 saturated heterocycles. The summed E-state index contributed by atoms with van der Waals surface area (Å²) in [6.45, 7) is 4.36. The van der Waals surface area contributed by atoms with Crippen molar-refractivity contribution in [3.05, 3.63) is 41.5 Å². The van der Waals surface area contributed by atoms with Crippen LogP contribution in [0.1, 0.15) is 49.4 Å². The Morgan fingerprint density at radius 3 is 2.57 bits per heavy atom. The van der Waals surface area contributed by atoms with E-state index in [2.05, 4.69) is 20.4 Å². The molecule has 1 aromatic carbocycles. The summed E-state index contributed by atoms with van der Waals surface area (Å²) in [5, 5.41) is 12.0. The standard InChI is InChI=1S/C20H27FN6O/c21-18-7-5-16(6-8-18)17-9-12-26(13-17)20(28)15-27-19(22-23-24-27)14-25-10-3-1-2-4-11-25/h5-8,17H,1-4,9-15H2/t17-/m1/s1. The molecule has 0 aliphatic carbocycles. The fourth-order valence-electron chi connectivity index (χ4n) is 4.18. The Morgan fingerprint density at radius 1 is 1.07 bits per heavy atom. The lowest BCUT2D eigenvalue weighted by Gasteiger charge is -2.20. The number of nitrogens with zero attached hydrogens (tertiary/aromatic N) is 6. The first-order valence-electron chi connectivity index (χ1n) is 10.2. The second-order valence-electron chi connectivity index (χ2n) is 7.82. The minimum absolute atomic E-state index is 0.0361. The van der Waals surface area contributed by atoms with Crippen LogP contribution >= 0.6 is 0 Å². The predicted molar refractivity (Wildman–Crippen MR) is 102 cm³/mol. The summed E-state index contributed by atoms with van der Waals surface area (Å²) >= 11 is 0. The molecular weight excluding hydrogens is 359 g/mol. The summed E-state index contributed by atoms with van der Waals surface area (Å²) in [5.41, 5.74) is 1.08. The SMILES string of the molecule is O=C(Cn1nnnc1CN1CCCCCC1)N1CC[C@@H](c2ccc(F)cc2)C1. The number of benzene rings is 1. The van der Waals surface area contributed by atoms with Crippen molar-refractivity contribution < 1.29 is 9.18 Å². The Balaban J connectivity index is 1.34. The third-order valence-corrected chi connectivity index (χ3v) is 5.84. The van der Waals surface area contributed by atoms with Crippen molar-refractivity contribution in [3.63, 3.8) is 0 Å². The number of likely N-dealkylation sites (tertiary alicyclic amines) is 2. The highest BCUT2D eigenvalue weighted by Gasteiger charge is 2.28. The average Bonchev–Trinajstić information content (AvgIpc) is 3.27. The molecule has 2 aliphatic rings. The van der Waals surface area contributed by atoms with E-state index in [-0.39, 0.29) is 24.2 Å². The van der Waals surface area contributed by atoms with Crippen molar-refractivity contribution in [1.29, 1.82) is 0 Å². The maximum atomic E-state index is 13.1. The van der Waals surface area contributed by atoms with Gasteiger partial charge in [0.2, 0.25) is 5.91 Å². The fraction of sp³-hybridized carbons (Fsp3) is 0.600. The van der Waals surface area contributed by atoms with Crippen LogP contribution in [-0.4, -0.2) is 62.1 Å². The number of halogens is 1. The van der Waals surface area contributed by atoms with Crippen molar-refractivity contribution in [2.75, 3.05) is 26.2 Å². The van der Waals surface area contributed by atoms with E-state index in [1.54, 1.807) is 4.68 Å². The second-order valence-corrected chi connectivity index (χ2v) is 7.82. The maximum absolute atomic E-state index is 13.1. The molecule has 0 spiro atoms. The van der Waals surface area contributed by atoms with Gasteiger partial charge in [0, 0.05) is 19.0 Å². The van der Waals surface area contributed by atoms with Crippen LogP contribution < -0.4 is 0 Å². The summed E-state index contributed by atoms with van der Waals surface area (Å²) in [6, 6.07) is 6.59. The molecule has 2 aliphatic heterocycles. The van der Waals surface area contributed by atoms with Gasteiger partial charge < -0.3 is 4.90 Å². The molecule has 7 nitrogen and oxygen atoms in total. The average molecular weight is 386 g/mol. The number of aromatic nitrogens is 4. The molecule has 2 fully saturated rings. The van der Waals surface area contributed by atoms with Gasteiger partial charge in [0.1, 0.15) is 12.4 Å². The fourth-order valence-corrected chi connectivity index (χ4v) is 4.18. The molecule has 0 bridgehead atoms. The van der Waals surface area contributed by atoms with Crippen LogP contribution in [0.15, 0.2) is 24.3 Å². The molecule has 1 amide bonds. The number of hydrogen-bond acceptors (Lipinski definition) is 5. The van der Waals surface area contributed by atoms with E-state index in [9.17, 15) is 9.18 Å². The number of amides is 1. The molecule has 8 heteroatoms. The quantitative estimate of drug-likeness (QED) is 0.788. The highest BCUT2D eigenvalue weighted by molar-refractivity contribution is 5.76. The van der Waals surface area contributed by atoms with E-state index in [1.165, 1.54) is 37.8 Å². The van der Waals surface area contributed by atoms with Crippen LogP contribution in [0.25, 0.3) is 0 Å². The van der Waals surface area contributed by atoms with E-state index >= 15 is 0 Å². The first kappa shape index (κ1) is 19.0. The van der Waals surface area contributed by atoms with Gasteiger partial charge in [-0.2, -0.15) is 0 Å². The molecule has 4 rings (SSSR count). The summed E-state index contributed by atoms with van der Waals surface area (Å²) < 4.78 is 14.8. The van der Waals surface area contributed by atoms with Gasteiger partial charge in [-0.15, -0.1) is 5.10 Å². The van der Waals surface area contributed by atoms with Crippen molar-refractivity contribution in [2.45, 2.75) is 51.1 Å². The van der Waals surface area contributed by atoms with E-state index in [1.807, 2.05) is 17.0 Å². The Kier molecular flexibility index (Phi) is 5.95. The third kappa shape index (κ3) is 4.55. The van der Waals surface area contributed by atoms with Gasteiger partial charge in [0.25, 0.3) is 0 Å². The topological polar surface area (TPSA) is 67.2 Å². The van der Waals surface area contributed by atoms with E-state index < -0.39 is 0 Å². The van der Waals surface area contributed by atoms with Crippen LogP contribution in [-0.2, 0) is 17.9 Å². The molecule has 3 heterocycles. The zero-order chi connectivity index (χ0) is 19.3. The minimum Gasteiger partial charge on any atom is -0.340 e. The first-order chi connectivity index (χ1) is 13.7. The molecular formula is C20H27FN6O. The van der Waals surface area contributed by atoms with Crippen molar-refractivity contribution >= 4 is 5.91 Å². The van der Waals surface area contributed by atoms with Gasteiger partial charge in [-0.05, 0) is 60.5 Å². The highest BCUT2D eigenvalue weighted by atomic mass is 19.1. The summed E-state index contributed by atoms with van der Waals surface area (Å²) in [5.74, 6) is 0.818.